The van der Waals surface area contributed by atoms with Crippen LogP contribution in [0.2, 0.25) is 0 Å². The van der Waals surface area contributed by atoms with Gasteiger partial charge in [0.05, 0.1) is 30.6 Å². The van der Waals surface area contributed by atoms with Gasteiger partial charge in [0, 0.05) is 11.8 Å². The summed E-state index contributed by atoms with van der Waals surface area (Å²) in [5.41, 5.74) is 1.88. The van der Waals surface area contributed by atoms with Crippen molar-refractivity contribution in [3.63, 3.8) is 0 Å². The summed E-state index contributed by atoms with van der Waals surface area (Å²) in [5.74, 6) is -0.253. The topological polar surface area (TPSA) is 85.4 Å². The quantitative estimate of drug-likeness (QED) is 0.828. The fourth-order valence-electron chi connectivity index (χ4n) is 3.01. The molecule has 1 N–H and O–H groups in total. The van der Waals surface area contributed by atoms with Crippen LogP contribution in [0.15, 0.2) is 35.2 Å². The van der Waals surface area contributed by atoms with Gasteiger partial charge in [-0.05, 0) is 41.3 Å². The van der Waals surface area contributed by atoms with Crippen LogP contribution in [-0.2, 0) is 21.1 Å². The van der Waals surface area contributed by atoms with Gasteiger partial charge in [-0.15, -0.1) is 0 Å². The van der Waals surface area contributed by atoms with Crippen molar-refractivity contribution < 1.29 is 17.9 Å². The molecule has 1 aliphatic rings. The van der Waals surface area contributed by atoms with Crippen molar-refractivity contribution in [1.82, 2.24) is 10.3 Å². The van der Waals surface area contributed by atoms with Crippen molar-refractivity contribution in [2.24, 2.45) is 5.92 Å². The molecule has 1 fully saturated rings. The summed E-state index contributed by atoms with van der Waals surface area (Å²) in [6, 6.07) is 5.35. The summed E-state index contributed by atoms with van der Waals surface area (Å²) in [4.78, 5) is 16.8. The third-order valence-electron chi connectivity index (χ3n) is 4.31. The molecule has 2 aromatic rings. The van der Waals surface area contributed by atoms with E-state index in [1.54, 1.807) is 30.7 Å². The monoisotopic (exact) mass is 380 g/mol. The zero-order valence-electron chi connectivity index (χ0n) is 13.8. The van der Waals surface area contributed by atoms with Crippen molar-refractivity contribution in [2.75, 3.05) is 18.6 Å². The van der Waals surface area contributed by atoms with Crippen LogP contribution < -0.4 is 10.1 Å². The summed E-state index contributed by atoms with van der Waals surface area (Å²) >= 11 is 1.59. The van der Waals surface area contributed by atoms with Gasteiger partial charge in [0.1, 0.15) is 0 Å². The summed E-state index contributed by atoms with van der Waals surface area (Å²) < 4.78 is 28.6. The van der Waals surface area contributed by atoms with Crippen molar-refractivity contribution in [3.05, 3.63) is 46.3 Å². The number of rotatable bonds is 6. The van der Waals surface area contributed by atoms with Crippen molar-refractivity contribution in [2.45, 2.75) is 18.9 Å². The lowest BCUT2D eigenvalue weighted by Crippen LogP contribution is -2.35. The third-order valence-corrected chi connectivity index (χ3v) is 6.81. The molecule has 0 spiro atoms. The Bertz CT molecular complexity index is 834. The van der Waals surface area contributed by atoms with E-state index >= 15 is 0 Å². The molecule has 1 aliphatic heterocycles. The van der Waals surface area contributed by atoms with Crippen LogP contribution in [0.5, 0.6) is 5.88 Å². The van der Waals surface area contributed by atoms with Gasteiger partial charge in [0.25, 0.3) is 0 Å². The van der Waals surface area contributed by atoms with Crippen LogP contribution in [0.3, 0.4) is 0 Å². The van der Waals surface area contributed by atoms with Crippen molar-refractivity contribution in [3.8, 4) is 5.88 Å². The standard InChI is InChI=1S/C17H20N2O4S2/c1-23-17-14(3-2-6-18-17)15(9-12-4-7-24-10-12)19-16(20)13-5-8-25(21,22)11-13/h2-4,6-7,10,13,15H,5,8-9,11H2,1H3,(H,19,20). The Balaban J connectivity index is 1.82. The molecule has 8 heteroatoms. The second kappa shape index (κ2) is 7.53. The maximum absolute atomic E-state index is 12.6. The molecule has 0 saturated carbocycles. The largest absolute Gasteiger partial charge is 0.481 e. The first-order chi connectivity index (χ1) is 12.0. The lowest BCUT2D eigenvalue weighted by Gasteiger charge is -2.22. The smallest absolute Gasteiger partial charge is 0.224 e. The summed E-state index contributed by atoms with van der Waals surface area (Å²) in [7, 11) is -1.56. The third kappa shape index (κ3) is 4.38. The van der Waals surface area contributed by atoms with Gasteiger partial charge in [-0.25, -0.2) is 13.4 Å². The zero-order valence-corrected chi connectivity index (χ0v) is 15.5. The summed E-state index contributed by atoms with van der Waals surface area (Å²) in [6.45, 7) is 0. The highest BCUT2D eigenvalue weighted by molar-refractivity contribution is 7.91. The molecule has 2 unspecified atom stereocenters. The minimum atomic E-state index is -3.10. The molecular weight excluding hydrogens is 360 g/mol. The summed E-state index contributed by atoms with van der Waals surface area (Å²) in [6.07, 6.45) is 2.61. The number of carbonyl (C=O) groups is 1. The predicted molar refractivity (Wildman–Crippen MR) is 96.5 cm³/mol. The molecule has 6 nitrogen and oxygen atoms in total. The first-order valence-electron chi connectivity index (χ1n) is 7.99. The minimum absolute atomic E-state index is 0.0752. The summed E-state index contributed by atoms with van der Waals surface area (Å²) in [5, 5.41) is 7.02. The van der Waals surface area contributed by atoms with E-state index in [9.17, 15) is 13.2 Å². The van der Waals surface area contributed by atoms with Gasteiger partial charge in [0.2, 0.25) is 11.8 Å². The molecule has 2 aromatic heterocycles. The van der Waals surface area contributed by atoms with Crippen LogP contribution in [-0.4, -0.2) is 37.9 Å². The molecule has 0 aromatic carbocycles. The van der Waals surface area contributed by atoms with E-state index in [1.807, 2.05) is 22.9 Å². The molecular formula is C17H20N2O4S2. The number of amides is 1. The second-order valence-electron chi connectivity index (χ2n) is 6.10. The highest BCUT2D eigenvalue weighted by Crippen LogP contribution is 2.28. The average Bonchev–Trinajstić information content (AvgIpc) is 3.23. The van der Waals surface area contributed by atoms with Crippen LogP contribution >= 0.6 is 11.3 Å². The van der Waals surface area contributed by atoms with Crippen LogP contribution in [0.25, 0.3) is 0 Å². The predicted octanol–water partition coefficient (Wildman–Crippen LogP) is 1.99. The van der Waals surface area contributed by atoms with Crippen LogP contribution in [0, 0.1) is 5.92 Å². The number of nitrogens with zero attached hydrogens (tertiary/aromatic N) is 1. The van der Waals surface area contributed by atoms with Gasteiger partial charge in [-0.3, -0.25) is 4.79 Å². The fourth-order valence-corrected chi connectivity index (χ4v) is 5.44. The Hall–Kier alpha value is -1.93. The number of sulfone groups is 1. The first kappa shape index (κ1) is 17.9. The molecule has 3 heterocycles. The Morgan fingerprint density at radius 1 is 1.48 bits per heavy atom. The number of hydrogen-bond donors (Lipinski definition) is 1. The number of ether oxygens (including phenoxy) is 1. The van der Waals surface area contributed by atoms with Gasteiger partial charge >= 0.3 is 0 Å². The maximum Gasteiger partial charge on any atom is 0.224 e. The molecule has 1 amide bonds. The van der Waals surface area contributed by atoms with Crippen molar-refractivity contribution in [1.29, 1.82) is 0 Å². The Morgan fingerprint density at radius 3 is 2.96 bits per heavy atom. The van der Waals surface area contributed by atoms with Gasteiger partial charge in [-0.1, -0.05) is 6.07 Å². The molecule has 1 saturated heterocycles. The molecule has 25 heavy (non-hydrogen) atoms. The molecule has 2 atom stereocenters. The van der Waals surface area contributed by atoms with E-state index in [4.69, 9.17) is 4.74 Å². The molecule has 0 aliphatic carbocycles. The molecule has 0 bridgehead atoms. The molecule has 134 valence electrons. The minimum Gasteiger partial charge on any atom is -0.481 e. The highest BCUT2D eigenvalue weighted by atomic mass is 32.2. The number of hydrogen-bond acceptors (Lipinski definition) is 6. The number of carbonyl (C=O) groups excluding carboxylic acids is 1. The van der Waals surface area contributed by atoms with Crippen LogP contribution in [0.4, 0.5) is 0 Å². The number of pyridine rings is 1. The average molecular weight is 380 g/mol. The van der Waals surface area contributed by atoms with Crippen molar-refractivity contribution >= 4 is 27.1 Å². The normalized spacial score (nSPS) is 20.1. The molecule has 0 radical (unpaired) electrons. The van der Waals surface area contributed by atoms with Gasteiger partial charge in [0.15, 0.2) is 9.84 Å². The highest BCUT2D eigenvalue weighted by Gasteiger charge is 2.34. The zero-order chi connectivity index (χ0) is 17.9. The van der Waals surface area contributed by atoms with E-state index in [2.05, 4.69) is 10.3 Å². The second-order valence-corrected chi connectivity index (χ2v) is 9.11. The van der Waals surface area contributed by atoms with Gasteiger partial charge < -0.3 is 10.1 Å². The Kier molecular flexibility index (Phi) is 5.39. The first-order valence-corrected chi connectivity index (χ1v) is 10.8. The number of methoxy groups -OCH3 is 1. The van der Waals surface area contributed by atoms with Gasteiger partial charge in [-0.2, -0.15) is 11.3 Å². The lowest BCUT2D eigenvalue weighted by atomic mass is 9.99. The van der Waals surface area contributed by atoms with Crippen LogP contribution in [0.1, 0.15) is 23.6 Å². The SMILES string of the molecule is COc1ncccc1C(Cc1ccsc1)NC(=O)C1CCS(=O)(=O)C1. The number of aromatic nitrogens is 1. The number of thiophene rings is 1. The maximum atomic E-state index is 12.6. The Morgan fingerprint density at radius 2 is 2.32 bits per heavy atom. The Labute approximate surface area is 151 Å². The van der Waals surface area contributed by atoms with E-state index in [-0.39, 0.29) is 23.5 Å². The van der Waals surface area contributed by atoms with E-state index in [0.29, 0.717) is 18.7 Å². The van der Waals surface area contributed by atoms with E-state index in [1.165, 1.54) is 0 Å². The molecule has 3 rings (SSSR count). The lowest BCUT2D eigenvalue weighted by molar-refractivity contribution is -0.125. The van der Waals surface area contributed by atoms with E-state index < -0.39 is 15.8 Å². The number of nitrogens with one attached hydrogen (secondary N) is 1. The van der Waals surface area contributed by atoms with E-state index in [0.717, 1.165) is 11.1 Å². The fraction of sp³-hybridized carbons (Fsp3) is 0.412.